The second kappa shape index (κ2) is 9.31. The lowest BCUT2D eigenvalue weighted by Crippen LogP contribution is -2.25. The summed E-state index contributed by atoms with van der Waals surface area (Å²) in [6.07, 6.45) is 1.95. The number of hydrogen-bond acceptors (Lipinski definition) is 5. The number of nitro groups is 1. The molecule has 0 N–H and O–H groups in total. The molecule has 0 aromatic heterocycles. The monoisotopic (exact) mass is 356 g/mol. The van der Waals surface area contributed by atoms with Gasteiger partial charge in [-0.1, -0.05) is 24.3 Å². The third-order valence-electron chi connectivity index (χ3n) is 3.90. The third kappa shape index (κ3) is 4.89. The molecule has 26 heavy (non-hydrogen) atoms. The van der Waals surface area contributed by atoms with Gasteiger partial charge in [-0.25, -0.2) is 0 Å². The van der Waals surface area contributed by atoms with Crippen LogP contribution in [0.5, 0.6) is 5.75 Å². The van der Waals surface area contributed by atoms with Crippen LogP contribution in [-0.2, 0) is 4.79 Å². The van der Waals surface area contributed by atoms with Gasteiger partial charge in [0.1, 0.15) is 0 Å². The van der Waals surface area contributed by atoms with Crippen LogP contribution in [0.3, 0.4) is 0 Å². The number of ether oxygens (including phenoxy) is 1. The van der Waals surface area contributed by atoms with Gasteiger partial charge in [-0.05, 0) is 37.1 Å². The molecule has 0 unspecified atom stereocenters. The molecule has 2 aromatic carbocycles. The van der Waals surface area contributed by atoms with Crippen molar-refractivity contribution in [2.24, 2.45) is 0 Å². The van der Waals surface area contributed by atoms with E-state index in [1.807, 2.05) is 30.3 Å². The van der Waals surface area contributed by atoms with E-state index in [1.54, 1.807) is 11.9 Å². The first-order chi connectivity index (χ1) is 12.5. The molecule has 0 aliphatic rings. The molecule has 0 saturated heterocycles. The van der Waals surface area contributed by atoms with Crippen LogP contribution in [0.1, 0.15) is 29.6 Å². The Bertz CT molecular complexity index is 777. The average molecular weight is 356 g/mol. The number of aldehydes is 1. The van der Waals surface area contributed by atoms with Crippen molar-refractivity contribution in [2.75, 3.05) is 18.6 Å². The number of rotatable bonds is 9. The van der Waals surface area contributed by atoms with Crippen LogP contribution < -0.4 is 9.64 Å². The number of nitro benzene ring substituents is 1. The van der Waals surface area contributed by atoms with E-state index in [9.17, 15) is 19.7 Å². The number of para-hydroxylation sites is 2. The molecule has 7 nitrogen and oxygen atoms in total. The average Bonchev–Trinajstić information content (AvgIpc) is 2.67. The van der Waals surface area contributed by atoms with E-state index in [2.05, 4.69) is 0 Å². The Morgan fingerprint density at radius 3 is 2.54 bits per heavy atom. The van der Waals surface area contributed by atoms with Gasteiger partial charge in [0.05, 0.1) is 17.1 Å². The van der Waals surface area contributed by atoms with Crippen LogP contribution in [0.25, 0.3) is 0 Å². The molecule has 0 atom stereocenters. The van der Waals surface area contributed by atoms with Crippen molar-refractivity contribution in [3.63, 3.8) is 0 Å². The highest BCUT2D eigenvalue weighted by Gasteiger charge is 2.20. The Morgan fingerprint density at radius 2 is 1.88 bits per heavy atom. The lowest BCUT2D eigenvalue weighted by molar-refractivity contribution is -0.386. The number of carbonyl (C=O) groups is 2. The molecule has 2 aromatic rings. The summed E-state index contributed by atoms with van der Waals surface area (Å²) in [7, 11) is 1.72. The molecule has 0 radical (unpaired) electrons. The predicted molar refractivity (Wildman–Crippen MR) is 97.7 cm³/mol. The van der Waals surface area contributed by atoms with E-state index in [4.69, 9.17) is 4.74 Å². The topological polar surface area (TPSA) is 89.8 Å². The van der Waals surface area contributed by atoms with Crippen LogP contribution >= 0.6 is 0 Å². The molecule has 0 fully saturated rings. The number of amides is 1. The van der Waals surface area contributed by atoms with Crippen molar-refractivity contribution in [3.05, 3.63) is 64.2 Å². The second-order valence-corrected chi connectivity index (χ2v) is 5.66. The summed E-state index contributed by atoms with van der Waals surface area (Å²) < 4.78 is 5.44. The molecular weight excluding hydrogens is 336 g/mol. The maximum absolute atomic E-state index is 12.2. The zero-order valence-corrected chi connectivity index (χ0v) is 14.5. The van der Waals surface area contributed by atoms with E-state index < -0.39 is 4.92 Å². The minimum atomic E-state index is -0.628. The van der Waals surface area contributed by atoms with Crippen molar-refractivity contribution in [1.82, 2.24) is 0 Å². The van der Waals surface area contributed by atoms with Crippen LogP contribution in [0.4, 0.5) is 11.4 Å². The zero-order chi connectivity index (χ0) is 18.9. The van der Waals surface area contributed by atoms with E-state index in [1.165, 1.54) is 18.2 Å². The number of benzene rings is 2. The van der Waals surface area contributed by atoms with E-state index in [0.29, 0.717) is 25.5 Å². The van der Waals surface area contributed by atoms with E-state index in [0.717, 1.165) is 5.69 Å². The van der Waals surface area contributed by atoms with Crippen molar-refractivity contribution < 1.29 is 19.2 Å². The first-order valence-electron chi connectivity index (χ1n) is 8.21. The lowest BCUT2D eigenvalue weighted by atomic mass is 10.2. The molecule has 0 spiro atoms. The Kier molecular flexibility index (Phi) is 6.84. The minimum Gasteiger partial charge on any atom is -0.487 e. The molecule has 0 bridgehead atoms. The maximum atomic E-state index is 12.2. The Morgan fingerprint density at radius 1 is 1.15 bits per heavy atom. The second-order valence-electron chi connectivity index (χ2n) is 5.66. The molecular formula is C19H20N2O5. The summed E-state index contributed by atoms with van der Waals surface area (Å²) in [5.41, 5.74) is 0.476. The van der Waals surface area contributed by atoms with Crippen molar-refractivity contribution >= 4 is 23.6 Å². The van der Waals surface area contributed by atoms with Crippen molar-refractivity contribution in [3.8, 4) is 5.75 Å². The molecule has 0 heterocycles. The highest BCUT2D eigenvalue weighted by molar-refractivity contribution is 5.92. The standard InChI is InChI=1S/C19H20N2O5/c1-20(16-9-3-2-4-10-16)18(23)12-5-6-13-26-17-11-7-8-15(14-22)19(17)21(24)25/h2-4,7-11,14H,5-6,12-13H2,1H3. The van der Waals surface area contributed by atoms with Gasteiger partial charge in [-0.15, -0.1) is 0 Å². The number of anilines is 1. The van der Waals surface area contributed by atoms with E-state index in [-0.39, 0.29) is 29.5 Å². The molecule has 1 amide bonds. The van der Waals surface area contributed by atoms with Gasteiger partial charge in [0.15, 0.2) is 12.0 Å². The van der Waals surface area contributed by atoms with E-state index >= 15 is 0 Å². The normalized spacial score (nSPS) is 10.2. The summed E-state index contributed by atoms with van der Waals surface area (Å²) in [6, 6.07) is 13.7. The molecule has 136 valence electrons. The number of nitrogens with zero attached hydrogens (tertiary/aromatic N) is 2. The molecule has 0 saturated carbocycles. The Labute approximate surface area is 151 Å². The predicted octanol–water partition coefficient (Wildman–Crippen LogP) is 3.62. The first kappa shape index (κ1) is 19.1. The van der Waals surface area contributed by atoms with Gasteiger partial charge in [0, 0.05) is 19.2 Å². The summed E-state index contributed by atoms with van der Waals surface area (Å²) in [5, 5.41) is 11.1. The SMILES string of the molecule is CN(C(=O)CCCCOc1cccc(C=O)c1[N+](=O)[O-])c1ccccc1. The quantitative estimate of drug-likeness (QED) is 0.296. The first-order valence-corrected chi connectivity index (χ1v) is 8.21. The van der Waals surface area contributed by atoms with Crippen molar-refractivity contribution in [1.29, 1.82) is 0 Å². The zero-order valence-electron chi connectivity index (χ0n) is 14.5. The largest absolute Gasteiger partial charge is 0.487 e. The maximum Gasteiger partial charge on any atom is 0.321 e. The highest BCUT2D eigenvalue weighted by Crippen LogP contribution is 2.29. The fraction of sp³-hybridized carbons (Fsp3) is 0.263. The smallest absolute Gasteiger partial charge is 0.321 e. The number of hydrogen-bond donors (Lipinski definition) is 0. The number of unbranched alkanes of at least 4 members (excludes halogenated alkanes) is 1. The summed E-state index contributed by atoms with van der Waals surface area (Å²) in [4.78, 5) is 35.1. The molecule has 2 rings (SSSR count). The van der Waals surface area contributed by atoms with Crippen LogP contribution in [0.2, 0.25) is 0 Å². The van der Waals surface area contributed by atoms with Gasteiger partial charge in [-0.2, -0.15) is 0 Å². The van der Waals surface area contributed by atoms with Crippen LogP contribution in [0.15, 0.2) is 48.5 Å². The fourth-order valence-corrected chi connectivity index (χ4v) is 2.47. The van der Waals surface area contributed by atoms with Gasteiger partial charge in [0.25, 0.3) is 0 Å². The van der Waals surface area contributed by atoms with Gasteiger partial charge in [-0.3, -0.25) is 19.7 Å². The minimum absolute atomic E-state index is 0.00914. The summed E-state index contributed by atoms with van der Waals surface area (Å²) in [6.45, 7) is 0.228. The molecule has 0 aliphatic heterocycles. The molecule has 0 aliphatic carbocycles. The Balaban J connectivity index is 1.82. The Hall–Kier alpha value is -3.22. The van der Waals surface area contributed by atoms with Crippen molar-refractivity contribution in [2.45, 2.75) is 19.3 Å². The number of carbonyl (C=O) groups excluding carboxylic acids is 2. The molecule has 7 heteroatoms. The van der Waals surface area contributed by atoms with Crippen LogP contribution in [-0.4, -0.2) is 30.8 Å². The van der Waals surface area contributed by atoms with Crippen LogP contribution in [0, 0.1) is 10.1 Å². The fourth-order valence-electron chi connectivity index (χ4n) is 2.47. The van der Waals surface area contributed by atoms with Gasteiger partial charge >= 0.3 is 5.69 Å². The highest BCUT2D eigenvalue weighted by atomic mass is 16.6. The summed E-state index contributed by atoms with van der Waals surface area (Å²) in [5.74, 6) is 0.0532. The van der Waals surface area contributed by atoms with Gasteiger partial charge < -0.3 is 9.64 Å². The van der Waals surface area contributed by atoms with Gasteiger partial charge in [0.2, 0.25) is 5.91 Å². The summed E-state index contributed by atoms with van der Waals surface area (Å²) >= 11 is 0. The lowest BCUT2D eigenvalue weighted by Gasteiger charge is -2.17. The third-order valence-corrected chi connectivity index (χ3v) is 3.90.